The second-order valence-electron chi connectivity index (χ2n) is 5.13. The molecule has 2 aromatic carbocycles. The van der Waals surface area contributed by atoms with Crippen LogP contribution in [0.1, 0.15) is 12.5 Å². The Morgan fingerprint density at radius 3 is 2.26 bits per heavy atom. The molecule has 6 heteroatoms. The molecule has 1 unspecified atom stereocenters. The number of halogens is 2. The highest BCUT2D eigenvalue weighted by atomic mass is 127. The minimum atomic E-state index is -3.42. The summed E-state index contributed by atoms with van der Waals surface area (Å²) < 4.78 is 27.8. The second-order valence-corrected chi connectivity index (χ2v) is 9.06. The summed E-state index contributed by atoms with van der Waals surface area (Å²) in [6.45, 7) is 1.87. The average molecular weight is 506 g/mol. The Balaban J connectivity index is 2.45. The van der Waals surface area contributed by atoms with Gasteiger partial charge in [0, 0.05) is 8.05 Å². The van der Waals surface area contributed by atoms with Crippen LogP contribution in [0.15, 0.2) is 59.1 Å². The van der Waals surface area contributed by atoms with E-state index in [0.717, 1.165) is 13.6 Å². The van der Waals surface area contributed by atoms with Crippen LogP contribution in [-0.2, 0) is 10.0 Å². The van der Waals surface area contributed by atoms with E-state index in [2.05, 4.69) is 38.5 Å². The van der Waals surface area contributed by atoms with E-state index >= 15 is 0 Å². The number of hydrogen-bond donors (Lipinski definition) is 0. The van der Waals surface area contributed by atoms with E-state index < -0.39 is 10.0 Å². The molecule has 0 aliphatic rings. The van der Waals surface area contributed by atoms with Crippen molar-refractivity contribution < 1.29 is 8.42 Å². The van der Waals surface area contributed by atoms with E-state index in [1.54, 1.807) is 0 Å². The van der Waals surface area contributed by atoms with Crippen LogP contribution in [0.4, 0.5) is 5.69 Å². The normalized spacial score (nSPS) is 13.7. The molecule has 0 saturated heterocycles. The average Bonchev–Trinajstić information content (AvgIpc) is 2.49. The molecule has 2 aromatic rings. The predicted octanol–water partition coefficient (Wildman–Crippen LogP) is 4.88. The largest absolute Gasteiger partial charge is 0.262 e. The SMILES string of the molecule is CC(/C(Br)=C/c1ccccc1)N(c1ccccc1I)S(C)(=O)=O. The fourth-order valence-corrected chi connectivity index (χ4v) is 4.87. The topological polar surface area (TPSA) is 37.4 Å². The van der Waals surface area contributed by atoms with Gasteiger partial charge in [-0.05, 0) is 53.3 Å². The van der Waals surface area contributed by atoms with Crippen molar-refractivity contribution in [1.82, 2.24) is 0 Å². The molecule has 122 valence electrons. The van der Waals surface area contributed by atoms with Crippen LogP contribution in [0.3, 0.4) is 0 Å². The summed E-state index contributed by atoms with van der Waals surface area (Å²) in [5.41, 5.74) is 1.70. The van der Waals surface area contributed by atoms with E-state index in [-0.39, 0.29) is 6.04 Å². The first-order valence-electron chi connectivity index (χ1n) is 6.97. The molecule has 3 nitrogen and oxygen atoms in total. The van der Waals surface area contributed by atoms with E-state index in [9.17, 15) is 8.42 Å². The molecule has 0 aromatic heterocycles. The highest BCUT2D eigenvalue weighted by Crippen LogP contribution is 2.31. The Morgan fingerprint density at radius 2 is 1.70 bits per heavy atom. The summed E-state index contributed by atoms with van der Waals surface area (Å²) in [5.74, 6) is 0. The molecule has 0 N–H and O–H groups in total. The van der Waals surface area contributed by atoms with E-state index in [4.69, 9.17) is 0 Å². The van der Waals surface area contributed by atoms with Gasteiger partial charge in [-0.15, -0.1) is 0 Å². The molecule has 0 aliphatic carbocycles. The number of sulfonamides is 1. The smallest absolute Gasteiger partial charge is 0.232 e. The summed E-state index contributed by atoms with van der Waals surface area (Å²) in [4.78, 5) is 0. The van der Waals surface area contributed by atoms with Crippen molar-refractivity contribution in [2.75, 3.05) is 10.6 Å². The zero-order valence-corrected chi connectivity index (χ0v) is 17.3. The van der Waals surface area contributed by atoms with Crippen LogP contribution < -0.4 is 4.31 Å². The first-order chi connectivity index (χ1) is 10.8. The number of nitrogens with zero attached hydrogens (tertiary/aromatic N) is 1. The molecular weight excluding hydrogens is 489 g/mol. The van der Waals surface area contributed by atoms with Gasteiger partial charge in [0.15, 0.2) is 0 Å². The quantitative estimate of drug-likeness (QED) is 0.543. The first kappa shape index (κ1) is 18.5. The summed E-state index contributed by atoms with van der Waals surface area (Å²) >= 11 is 5.70. The highest BCUT2D eigenvalue weighted by Gasteiger charge is 2.27. The minimum Gasteiger partial charge on any atom is -0.262 e. The molecule has 0 amide bonds. The van der Waals surface area contributed by atoms with Gasteiger partial charge in [-0.3, -0.25) is 4.31 Å². The Hall–Kier alpha value is -0.860. The van der Waals surface area contributed by atoms with Crippen molar-refractivity contribution >= 4 is 60.3 Å². The standard InChI is InChI=1S/C17H17BrINO2S/c1-13(15(18)12-14-8-4-3-5-9-14)20(23(2,21)22)17-11-7-6-10-16(17)19/h3-13H,1-2H3/b15-12-. The van der Waals surface area contributed by atoms with Gasteiger partial charge < -0.3 is 0 Å². The Morgan fingerprint density at radius 1 is 1.13 bits per heavy atom. The van der Waals surface area contributed by atoms with Gasteiger partial charge in [-0.2, -0.15) is 0 Å². The van der Waals surface area contributed by atoms with E-state index in [1.807, 2.05) is 67.6 Å². The molecule has 0 aliphatic heterocycles. The fourth-order valence-electron chi connectivity index (χ4n) is 2.25. The lowest BCUT2D eigenvalue weighted by Gasteiger charge is -2.30. The van der Waals surface area contributed by atoms with Crippen LogP contribution in [-0.4, -0.2) is 20.7 Å². The molecule has 0 radical (unpaired) electrons. The van der Waals surface area contributed by atoms with Crippen LogP contribution in [0, 0.1) is 3.57 Å². The monoisotopic (exact) mass is 505 g/mol. The van der Waals surface area contributed by atoms with Crippen molar-refractivity contribution in [1.29, 1.82) is 0 Å². The number of para-hydroxylation sites is 1. The molecule has 1 atom stereocenters. The lowest BCUT2D eigenvalue weighted by molar-refractivity contribution is 0.593. The van der Waals surface area contributed by atoms with Gasteiger partial charge in [0.1, 0.15) is 0 Å². The lowest BCUT2D eigenvalue weighted by Crippen LogP contribution is -2.38. The number of anilines is 1. The first-order valence-corrected chi connectivity index (χ1v) is 10.7. The highest BCUT2D eigenvalue weighted by molar-refractivity contribution is 14.1. The molecule has 0 heterocycles. The van der Waals surface area contributed by atoms with Gasteiger partial charge >= 0.3 is 0 Å². The molecule has 0 saturated carbocycles. The maximum absolute atomic E-state index is 12.4. The number of rotatable bonds is 5. The molecule has 0 spiro atoms. The molecule has 23 heavy (non-hydrogen) atoms. The van der Waals surface area contributed by atoms with Crippen LogP contribution in [0.2, 0.25) is 0 Å². The summed E-state index contributed by atoms with van der Waals surface area (Å²) in [5, 5.41) is 0. The van der Waals surface area contributed by atoms with Crippen molar-refractivity contribution in [3.8, 4) is 0 Å². The summed E-state index contributed by atoms with van der Waals surface area (Å²) in [7, 11) is -3.42. The number of hydrogen-bond acceptors (Lipinski definition) is 2. The van der Waals surface area contributed by atoms with Crippen LogP contribution in [0.25, 0.3) is 6.08 Å². The van der Waals surface area contributed by atoms with Crippen molar-refractivity contribution in [3.05, 3.63) is 68.2 Å². The van der Waals surface area contributed by atoms with E-state index in [1.165, 1.54) is 10.6 Å². The Bertz CT molecular complexity index is 806. The van der Waals surface area contributed by atoms with Crippen molar-refractivity contribution in [2.45, 2.75) is 13.0 Å². The number of benzene rings is 2. The minimum absolute atomic E-state index is 0.346. The maximum Gasteiger partial charge on any atom is 0.232 e. The van der Waals surface area contributed by atoms with Crippen molar-refractivity contribution in [3.63, 3.8) is 0 Å². The maximum atomic E-state index is 12.4. The fraction of sp³-hybridized carbons (Fsp3) is 0.176. The van der Waals surface area contributed by atoms with Crippen molar-refractivity contribution in [2.24, 2.45) is 0 Å². The van der Waals surface area contributed by atoms with Gasteiger partial charge in [0.05, 0.1) is 18.0 Å². The summed E-state index contributed by atoms with van der Waals surface area (Å²) in [6.07, 6.45) is 3.17. The third kappa shape index (κ3) is 4.81. The third-order valence-corrected chi connectivity index (χ3v) is 6.33. The molecular formula is C17H17BrINO2S. The van der Waals surface area contributed by atoms with Crippen LogP contribution in [0.5, 0.6) is 0 Å². The van der Waals surface area contributed by atoms with Gasteiger partial charge in [0.25, 0.3) is 0 Å². The predicted molar refractivity (Wildman–Crippen MR) is 109 cm³/mol. The van der Waals surface area contributed by atoms with Gasteiger partial charge in [-0.1, -0.05) is 58.4 Å². The Kier molecular flexibility index (Phi) is 6.27. The van der Waals surface area contributed by atoms with Gasteiger partial charge in [0.2, 0.25) is 10.0 Å². The molecule has 2 rings (SSSR count). The van der Waals surface area contributed by atoms with Crippen LogP contribution >= 0.6 is 38.5 Å². The van der Waals surface area contributed by atoms with Gasteiger partial charge in [-0.25, -0.2) is 8.42 Å². The third-order valence-electron chi connectivity index (χ3n) is 3.30. The molecule has 0 bridgehead atoms. The zero-order chi connectivity index (χ0) is 17.0. The van der Waals surface area contributed by atoms with E-state index in [0.29, 0.717) is 5.69 Å². The summed E-state index contributed by atoms with van der Waals surface area (Å²) in [6, 6.07) is 16.9. The zero-order valence-electron chi connectivity index (χ0n) is 12.8. The molecule has 0 fully saturated rings. The second kappa shape index (κ2) is 7.81. The Labute approximate surface area is 159 Å². The lowest BCUT2D eigenvalue weighted by atomic mass is 10.2.